The molecule has 222 valence electrons. The third kappa shape index (κ3) is 7.59. The van der Waals surface area contributed by atoms with E-state index in [1.165, 1.54) is 55.6 Å². The van der Waals surface area contributed by atoms with Gasteiger partial charge in [0, 0.05) is 24.9 Å². The number of ether oxygens (including phenoxy) is 1. The van der Waals surface area contributed by atoms with Gasteiger partial charge in [-0.15, -0.1) is 5.11 Å². The maximum absolute atomic E-state index is 13.5. The number of nitrogens with zero attached hydrogens (tertiary/aromatic N) is 4. The molecule has 0 amide bonds. The molecule has 1 atom stereocenters. The van der Waals surface area contributed by atoms with E-state index < -0.39 is 27.4 Å². The van der Waals surface area contributed by atoms with Crippen LogP contribution >= 0.6 is 0 Å². The summed E-state index contributed by atoms with van der Waals surface area (Å²) >= 11 is 0. The highest BCUT2D eigenvalue weighted by Crippen LogP contribution is 2.36. The highest BCUT2D eigenvalue weighted by molar-refractivity contribution is 7.92. The number of anilines is 1. The van der Waals surface area contributed by atoms with E-state index in [4.69, 9.17) is 16.4 Å². The van der Waals surface area contributed by atoms with Gasteiger partial charge in [0.1, 0.15) is 5.69 Å². The number of azo groups is 1. The fraction of sp³-hybridized carbons (Fsp3) is 0.345. The third-order valence-corrected chi connectivity index (χ3v) is 8.07. The van der Waals surface area contributed by atoms with Crippen LogP contribution in [0.2, 0.25) is 0 Å². The molecule has 0 saturated heterocycles. The molecule has 42 heavy (non-hydrogen) atoms. The molecule has 3 rings (SSSR count). The molecule has 2 aromatic carbocycles. The molecule has 12 nitrogen and oxygen atoms in total. The minimum absolute atomic E-state index is 0.0203. The number of nitrogens with one attached hydrogen (secondary N) is 1. The average molecular weight is 596 g/mol. The second kappa shape index (κ2) is 14.4. The van der Waals surface area contributed by atoms with Gasteiger partial charge in [-0.3, -0.25) is 14.1 Å². The van der Waals surface area contributed by atoms with Crippen LogP contribution in [0.1, 0.15) is 55.5 Å². The van der Waals surface area contributed by atoms with E-state index >= 15 is 0 Å². The van der Waals surface area contributed by atoms with Gasteiger partial charge in [-0.05, 0) is 60.9 Å². The topological polar surface area (TPSA) is 164 Å². The number of aromatic hydroxyl groups is 1. The Morgan fingerprint density at radius 2 is 1.79 bits per heavy atom. The van der Waals surface area contributed by atoms with Crippen molar-refractivity contribution >= 4 is 38.7 Å². The Kier molecular flexibility index (Phi) is 11.0. The van der Waals surface area contributed by atoms with Crippen molar-refractivity contribution in [2.24, 2.45) is 16.1 Å². The lowest BCUT2D eigenvalue weighted by Crippen LogP contribution is -2.25. The van der Waals surface area contributed by atoms with Crippen molar-refractivity contribution < 1.29 is 28.2 Å². The lowest BCUT2D eigenvalue weighted by atomic mass is 9.99. The van der Waals surface area contributed by atoms with Crippen LogP contribution in [0.25, 0.3) is 4.85 Å². The summed E-state index contributed by atoms with van der Waals surface area (Å²) in [5.74, 6) is -1.45. The summed E-state index contributed by atoms with van der Waals surface area (Å²) in [6.45, 7) is 11.8. The number of carbonyl (C=O) groups is 1. The zero-order chi connectivity index (χ0) is 30.9. The molecule has 0 fully saturated rings. The molecule has 0 aliphatic rings. The van der Waals surface area contributed by atoms with Gasteiger partial charge in [-0.25, -0.2) is 18.1 Å². The molecular formula is C29H33N5O7S. The molecule has 3 aromatic rings. The van der Waals surface area contributed by atoms with Gasteiger partial charge in [-0.2, -0.15) is 5.11 Å². The van der Waals surface area contributed by atoms with Crippen molar-refractivity contribution in [3.8, 4) is 5.88 Å². The van der Waals surface area contributed by atoms with E-state index in [9.17, 15) is 23.1 Å². The smallest absolute Gasteiger partial charge is 0.335 e. The van der Waals surface area contributed by atoms with Crippen molar-refractivity contribution in [3.63, 3.8) is 0 Å². The molecule has 0 saturated carbocycles. The van der Waals surface area contributed by atoms with Crippen LogP contribution in [-0.2, 0) is 27.9 Å². The number of pyridine rings is 1. The van der Waals surface area contributed by atoms with E-state index in [1.54, 1.807) is 0 Å². The first-order valence-electron chi connectivity index (χ1n) is 13.3. The van der Waals surface area contributed by atoms with Crippen LogP contribution in [0, 0.1) is 12.5 Å². The van der Waals surface area contributed by atoms with Crippen LogP contribution in [0.5, 0.6) is 5.88 Å². The van der Waals surface area contributed by atoms with Gasteiger partial charge in [0.25, 0.3) is 21.3 Å². The minimum Gasteiger partial charge on any atom is -0.503 e. The van der Waals surface area contributed by atoms with Crippen molar-refractivity contribution in [3.05, 3.63) is 81.4 Å². The Labute approximate surface area is 244 Å². The number of carboxylic acid groups (broad SMARTS) is 1. The zero-order valence-corrected chi connectivity index (χ0v) is 24.4. The lowest BCUT2D eigenvalue weighted by Gasteiger charge is -2.20. The Hall–Kier alpha value is -4.54. The SMILES string of the molecule is [C-]#[N+]c1c(COC)c(N=Nc2ccc(S(=O)(=O)Nc3ccc(C(=O)O)cc3)cc2)c(=O)n(CC(CC)CCCC)c1O. The molecule has 0 radical (unpaired) electrons. The Bertz CT molecular complexity index is 1640. The highest BCUT2D eigenvalue weighted by Gasteiger charge is 2.24. The Balaban J connectivity index is 1.93. The number of aromatic carboxylic acids is 1. The standard InChI is InChI=1S/C29H33N5O7S/c1-5-7-8-19(6-2)17-34-27(35)25(30-3)24(18-41-4)26(28(34)36)32-31-21-13-15-23(16-14-21)42(39,40)33-22-11-9-20(10-12-22)29(37)38/h9-16,19,33,35H,5-8,17-18H2,1-2,4H3,(H,37,38). The predicted octanol–water partition coefficient (Wildman–Crippen LogP) is 6.38. The van der Waals surface area contributed by atoms with Crippen molar-refractivity contribution in [1.29, 1.82) is 0 Å². The number of methoxy groups -OCH3 is 1. The van der Waals surface area contributed by atoms with E-state index in [0.717, 1.165) is 30.3 Å². The summed E-state index contributed by atoms with van der Waals surface area (Å²) in [7, 11) is -2.60. The predicted molar refractivity (Wildman–Crippen MR) is 157 cm³/mol. The quantitative estimate of drug-likeness (QED) is 0.144. The van der Waals surface area contributed by atoms with Crippen molar-refractivity contribution in [2.75, 3.05) is 11.8 Å². The number of rotatable bonds is 14. The number of benzene rings is 2. The van der Waals surface area contributed by atoms with Gasteiger partial charge in [-0.1, -0.05) is 33.1 Å². The van der Waals surface area contributed by atoms with E-state index in [0.29, 0.717) is 0 Å². The van der Waals surface area contributed by atoms with Crippen LogP contribution in [0.15, 0.2) is 68.4 Å². The number of sulfonamides is 1. The summed E-state index contributed by atoms with van der Waals surface area (Å²) in [6.07, 6.45) is 3.61. The fourth-order valence-corrected chi connectivity index (χ4v) is 5.33. The van der Waals surface area contributed by atoms with Gasteiger partial charge in [0.2, 0.25) is 0 Å². The maximum atomic E-state index is 13.5. The number of carboxylic acids is 1. The molecule has 13 heteroatoms. The summed E-state index contributed by atoms with van der Waals surface area (Å²) < 4.78 is 34.3. The van der Waals surface area contributed by atoms with Crippen molar-refractivity contribution in [1.82, 2.24) is 4.57 Å². The molecule has 0 spiro atoms. The summed E-state index contributed by atoms with van der Waals surface area (Å²) in [5, 5.41) is 28.1. The molecule has 1 aromatic heterocycles. The number of hydrogen-bond donors (Lipinski definition) is 3. The van der Waals surface area contributed by atoms with Gasteiger partial charge < -0.3 is 14.9 Å². The number of hydrogen-bond acceptors (Lipinski definition) is 8. The molecule has 0 bridgehead atoms. The third-order valence-electron chi connectivity index (χ3n) is 6.67. The average Bonchev–Trinajstić information content (AvgIpc) is 2.97. The van der Waals surface area contributed by atoms with E-state index in [2.05, 4.69) is 26.7 Å². The maximum Gasteiger partial charge on any atom is 0.335 e. The van der Waals surface area contributed by atoms with E-state index in [1.807, 2.05) is 6.92 Å². The highest BCUT2D eigenvalue weighted by atomic mass is 32.2. The minimum atomic E-state index is -3.99. The lowest BCUT2D eigenvalue weighted by molar-refractivity contribution is 0.0697. The van der Waals surface area contributed by atoms with Crippen LogP contribution < -0.4 is 10.3 Å². The summed E-state index contributed by atoms with van der Waals surface area (Å²) in [4.78, 5) is 27.9. The first-order valence-corrected chi connectivity index (χ1v) is 14.8. The zero-order valence-electron chi connectivity index (χ0n) is 23.6. The summed E-state index contributed by atoms with van der Waals surface area (Å²) in [5.41, 5.74) is -0.341. The number of unbranched alkanes of at least 4 members (excludes halogenated alkanes) is 1. The fourth-order valence-electron chi connectivity index (χ4n) is 4.27. The largest absolute Gasteiger partial charge is 0.503 e. The normalized spacial score (nSPS) is 12.2. The van der Waals surface area contributed by atoms with Crippen molar-refractivity contribution in [2.45, 2.75) is 57.6 Å². The molecule has 0 aliphatic carbocycles. The van der Waals surface area contributed by atoms with Gasteiger partial charge in [0.15, 0.2) is 5.88 Å². The Morgan fingerprint density at radius 3 is 2.33 bits per heavy atom. The van der Waals surface area contributed by atoms with Gasteiger partial charge in [0.05, 0.1) is 29.3 Å². The van der Waals surface area contributed by atoms with Crippen LogP contribution in [-0.4, -0.2) is 36.3 Å². The van der Waals surface area contributed by atoms with Crippen LogP contribution in [0.4, 0.5) is 22.7 Å². The Morgan fingerprint density at radius 1 is 1.12 bits per heavy atom. The molecule has 1 unspecified atom stereocenters. The first-order chi connectivity index (χ1) is 20.1. The molecule has 0 aliphatic heterocycles. The second-order valence-corrected chi connectivity index (χ2v) is 11.2. The van der Waals surface area contributed by atoms with Crippen LogP contribution in [0.3, 0.4) is 0 Å². The monoisotopic (exact) mass is 595 g/mol. The molecular weight excluding hydrogens is 562 g/mol. The molecule has 1 heterocycles. The van der Waals surface area contributed by atoms with E-state index in [-0.39, 0.29) is 57.8 Å². The second-order valence-electron chi connectivity index (χ2n) is 9.56. The first kappa shape index (κ1) is 32.0. The molecule has 3 N–H and O–H groups in total. The summed E-state index contributed by atoms with van der Waals surface area (Å²) in [6, 6.07) is 10.7. The van der Waals surface area contributed by atoms with Gasteiger partial charge >= 0.3 is 5.97 Å². The number of aromatic nitrogens is 1.